The fourth-order valence-corrected chi connectivity index (χ4v) is 4.75. The summed E-state index contributed by atoms with van der Waals surface area (Å²) < 4.78 is 5.49. The smallest absolute Gasteiger partial charge is 0.407 e. The summed E-state index contributed by atoms with van der Waals surface area (Å²) >= 11 is 0. The molecule has 33 heavy (non-hydrogen) atoms. The fourth-order valence-electron chi connectivity index (χ4n) is 4.75. The third kappa shape index (κ3) is 4.23. The van der Waals surface area contributed by atoms with Gasteiger partial charge in [0.05, 0.1) is 0 Å². The lowest BCUT2D eigenvalue weighted by molar-refractivity contribution is -0.153. The number of alkyl carbamates (subject to hydrolysis) is 1. The van der Waals surface area contributed by atoms with Crippen LogP contribution in [-0.2, 0) is 14.3 Å². The van der Waals surface area contributed by atoms with E-state index in [2.05, 4.69) is 29.6 Å². The summed E-state index contributed by atoms with van der Waals surface area (Å²) in [6, 6.07) is 16.2. The molecule has 1 fully saturated rings. The molecule has 172 valence electrons. The zero-order chi connectivity index (χ0) is 23.6. The zero-order valence-electron chi connectivity index (χ0n) is 18.8. The summed E-state index contributed by atoms with van der Waals surface area (Å²) in [7, 11) is 0. The van der Waals surface area contributed by atoms with Crippen LogP contribution < -0.4 is 5.32 Å². The number of aliphatic carboxylic acids is 1. The Labute approximate surface area is 193 Å². The van der Waals surface area contributed by atoms with E-state index >= 15 is 0 Å². The van der Waals surface area contributed by atoms with Gasteiger partial charge in [-0.15, -0.1) is 0 Å². The van der Waals surface area contributed by atoms with Crippen molar-refractivity contribution in [3.05, 3.63) is 71.3 Å². The summed E-state index contributed by atoms with van der Waals surface area (Å²) in [6.07, 6.45) is 2.11. The third-order valence-corrected chi connectivity index (χ3v) is 6.68. The molecule has 2 aliphatic rings. The summed E-state index contributed by atoms with van der Waals surface area (Å²) in [5.74, 6) is -1.35. The average molecular weight is 449 g/mol. The molecule has 0 bridgehead atoms. The van der Waals surface area contributed by atoms with Crippen molar-refractivity contribution in [3.63, 3.8) is 0 Å². The predicted molar refractivity (Wildman–Crippen MR) is 124 cm³/mol. The minimum Gasteiger partial charge on any atom is -0.480 e. The van der Waals surface area contributed by atoms with Crippen molar-refractivity contribution in [1.82, 2.24) is 10.2 Å². The highest BCUT2D eigenvalue weighted by Crippen LogP contribution is 2.44. The van der Waals surface area contributed by atoms with E-state index in [1.54, 1.807) is 19.9 Å². The number of nitrogens with zero attached hydrogens (tertiary/aromatic N) is 1. The van der Waals surface area contributed by atoms with E-state index in [-0.39, 0.29) is 25.0 Å². The van der Waals surface area contributed by atoms with Crippen molar-refractivity contribution in [2.45, 2.75) is 38.1 Å². The van der Waals surface area contributed by atoms with E-state index in [4.69, 9.17) is 4.74 Å². The zero-order valence-corrected chi connectivity index (χ0v) is 18.8. The van der Waals surface area contributed by atoms with Crippen LogP contribution in [0.15, 0.2) is 60.2 Å². The van der Waals surface area contributed by atoms with Crippen LogP contribution in [0.2, 0.25) is 0 Å². The molecule has 2 aromatic carbocycles. The van der Waals surface area contributed by atoms with E-state index in [1.807, 2.05) is 24.3 Å². The molecular formula is C26H28N2O5. The van der Waals surface area contributed by atoms with Crippen molar-refractivity contribution < 1.29 is 24.2 Å². The van der Waals surface area contributed by atoms with Crippen LogP contribution in [0.3, 0.4) is 0 Å². The average Bonchev–Trinajstić information content (AvgIpc) is 3.36. The topological polar surface area (TPSA) is 95.9 Å². The molecule has 0 radical (unpaired) electrons. The lowest BCUT2D eigenvalue weighted by Gasteiger charge is -2.31. The number of hydrogen-bond donors (Lipinski definition) is 2. The van der Waals surface area contributed by atoms with Gasteiger partial charge in [0.1, 0.15) is 12.1 Å². The first-order chi connectivity index (χ1) is 15.8. The van der Waals surface area contributed by atoms with Crippen molar-refractivity contribution in [2.75, 3.05) is 19.7 Å². The van der Waals surface area contributed by atoms with Crippen LogP contribution >= 0.6 is 0 Å². The molecule has 0 spiro atoms. The molecule has 0 unspecified atom stereocenters. The van der Waals surface area contributed by atoms with Gasteiger partial charge in [-0.25, -0.2) is 9.59 Å². The van der Waals surface area contributed by atoms with E-state index < -0.39 is 17.6 Å². The van der Waals surface area contributed by atoms with Gasteiger partial charge in [0.15, 0.2) is 0 Å². The highest BCUT2D eigenvalue weighted by Gasteiger charge is 2.46. The Bertz CT molecular complexity index is 1080. The number of hydrogen-bond acceptors (Lipinski definition) is 4. The molecule has 4 rings (SSSR count). The van der Waals surface area contributed by atoms with Crippen molar-refractivity contribution in [3.8, 4) is 11.1 Å². The second-order valence-electron chi connectivity index (χ2n) is 8.73. The maximum absolute atomic E-state index is 12.7. The fraction of sp³-hybridized carbons (Fsp3) is 0.346. The third-order valence-electron chi connectivity index (χ3n) is 6.68. The molecule has 7 heteroatoms. The highest BCUT2D eigenvalue weighted by atomic mass is 16.5. The number of carbonyl (C=O) groups excluding carboxylic acids is 2. The number of carbonyl (C=O) groups is 3. The van der Waals surface area contributed by atoms with Crippen LogP contribution in [0, 0.1) is 0 Å². The number of nitrogens with one attached hydrogen (secondary N) is 1. The first-order valence-electron chi connectivity index (χ1n) is 11.1. The first-order valence-corrected chi connectivity index (χ1v) is 11.1. The Morgan fingerprint density at radius 2 is 1.73 bits per heavy atom. The van der Waals surface area contributed by atoms with Gasteiger partial charge in [-0.1, -0.05) is 54.6 Å². The summed E-state index contributed by atoms with van der Waals surface area (Å²) in [6.45, 7) is 3.94. The molecule has 0 aromatic heterocycles. The molecule has 1 aliphatic heterocycles. The molecule has 1 heterocycles. The minimum atomic E-state index is -1.19. The van der Waals surface area contributed by atoms with Crippen LogP contribution in [0.4, 0.5) is 4.79 Å². The van der Waals surface area contributed by atoms with Gasteiger partial charge in [-0.2, -0.15) is 0 Å². The lowest BCUT2D eigenvalue weighted by Crippen LogP contribution is -2.51. The lowest BCUT2D eigenvalue weighted by atomic mass is 9.98. The summed E-state index contributed by atoms with van der Waals surface area (Å²) in [4.78, 5) is 38.0. The van der Waals surface area contributed by atoms with Crippen molar-refractivity contribution >= 4 is 18.0 Å². The number of likely N-dealkylation sites (tertiary alicyclic amines) is 1. The minimum absolute atomic E-state index is 0.0223. The van der Waals surface area contributed by atoms with Gasteiger partial charge in [0.25, 0.3) is 0 Å². The Hall–Kier alpha value is -3.61. The number of rotatable bonds is 6. The first kappa shape index (κ1) is 22.6. The SMILES string of the molecule is C/C(=C\CNC(=O)OCC1c2ccccc2-c2ccccc21)C(=O)N1CCC[C@]1(C)C(=O)O. The molecule has 0 saturated carbocycles. The molecule has 2 N–H and O–H groups in total. The van der Waals surface area contributed by atoms with Crippen LogP contribution in [-0.4, -0.2) is 53.2 Å². The summed E-state index contributed by atoms with van der Waals surface area (Å²) in [5.41, 5.74) is 3.80. The molecule has 1 aliphatic carbocycles. The number of amides is 2. The second-order valence-corrected chi connectivity index (χ2v) is 8.73. The van der Waals surface area contributed by atoms with Crippen LogP contribution in [0.25, 0.3) is 11.1 Å². The summed E-state index contributed by atoms with van der Waals surface area (Å²) in [5, 5.41) is 12.2. The van der Waals surface area contributed by atoms with Gasteiger partial charge in [-0.3, -0.25) is 4.79 Å². The molecule has 2 aromatic rings. The van der Waals surface area contributed by atoms with Gasteiger partial charge in [-0.05, 0) is 48.9 Å². The predicted octanol–water partition coefficient (Wildman–Crippen LogP) is 3.94. The Morgan fingerprint density at radius 3 is 2.33 bits per heavy atom. The quantitative estimate of drug-likeness (QED) is 0.653. The molecular weight excluding hydrogens is 420 g/mol. The maximum Gasteiger partial charge on any atom is 0.407 e. The van der Waals surface area contributed by atoms with E-state index in [0.717, 1.165) is 22.3 Å². The van der Waals surface area contributed by atoms with E-state index in [0.29, 0.717) is 25.0 Å². The molecule has 7 nitrogen and oxygen atoms in total. The second kappa shape index (κ2) is 9.10. The Balaban J connectivity index is 1.33. The number of carboxylic acid groups (broad SMARTS) is 1. The van der Waals surface area contributed by atoms with Gasteiger partial charge in [0.2, 0.25) is 5.91 Å². The highest BCUT2D eigenvalue weighted by molar-refractivity contribution is 5.97. The van der Waals surface area contributed by atoms with Gasteiger partial charge >= 0.3 is 12.1 Å². The van der Waals surface area contributed by atoms with E-state index in [1.165, 1.54) is 4.90 Å². The standard InChI is InChI=1S/C26H28N2O5/c1-17(23(29)28-15-7-13-26(28,2)24(30)31)12-14-27-25(32)33-16-22-20-10-5-3-8-18(20)19-9-4-6-11-21(19)22/h3-6,8-12,22H,7,13-16H2,1-2H3,(H,27,32)(H,30,31)/b17-12+/t26-/m1/s1. The van der Waals surface area contributed by atoms with E-state index in [9.17, 15) is 19.5 Å². The molecule has 2 amide bonds. The Morgan fingerprint density at radius 1 is 1.12 bits per heavy atom. The number of carboxylic acids is 1. The largest absolute Gasteiger partial charge is 0.480 e. The number of ether oxygens (including phenoxy) is 1. The maximum atomic E-state index is 12.7. The Kier molecular flexibility index (Phi) is 6.22. The monoisotopic (exact) mass is 448 g/mol. The van der Waals surface area contributed by atoms with Gasteiger partial charge < -0.3 is 20.1 Å². The van der Waals surface area contributed by atoms with Crippen LogP contribution in [0.1, 0.15) is 43.7 Å². The molecule has 1 saturated heterocycles. The van der Waals surface area contributed by atoms with Crippen molar-refractivity contribution in [1.29, 1.82) is 0 Å². The number of fused-ring (bicyclic) bond motifs is 3. The van der Waals surface area contributed by atoms with Gasteiger partial charge in [0, 0.05) is 24.6 Å². The van der Waals surface area contributed by atoms with Crippen LogP contribution in [0.5, 0.6) is 0 Å². The van der Waals surface area contributed by atoms with Crippen molar-refractivity contribution in [2.24, 2.45) is 0 Å². The molecule has 1 atom stereocenters. The number of benzene rings is 2. The normalized spacial score (nSPS) is 19.7.